The van der Waals surface area contributed by atoms with Gasteiger partial charge in [-0.25, -0.2) is 9.82 Å². The van der Waals surface area contributed by atoms with Crippen LogP contribution in [0.4, 0.5) is 23.2 Å². The number of anilines is 1. The standard InChI is InChI=1S/C22H20F4N6OS/c23-14-7-5-13(6-8-14)17-11-18-20-28-29-21(31(20)9-10-32(18)30-17)34-12-19(33)27-16-4-2-1-3-15(16)22(24,25)26/h1-10,17-18,20,28,30H,11-12H2,(H,27,33). The van der Waals surface area contributed by atoms with Crippen molar-refractivity contribution in [1.29, 1.82) is 0 Å². The Balaban J connectivity index is 1.19. The number of para-hydroxylation sites is 1. The summed E-state index contributed by atoms with van der Waals surface area (Å²) in [4.78, 5) is 14.3. The van der Waals surface area contributed by atoms with Crippen molar-refractivity contribution in [3.05, 3.63) is 77.9 Å². The number of thioether (sulfide) groups is 1. The second-order valence-corrected chi connectivity index (χ2v) is 8.94. The largest absolute Gasteiger partial charge is 0.418 e. The van der Waals surface area contributed by atoms with Crippen molar-refractivity contribution < 1.29 is 22.4 Å². The molecule has 3 heterocycles. The first-order valence-corrected chi connectivity index (χ1v) is 11.5. The summed E-state index contributed by atoms with van der Waals surface area (Å²) in [6, 6.07) is 11.3. The van der Waals surface area contributed by atoms with E-state index in [9.17, 15) is 22.4 Å². The first kappa shape index (κ1) is 22.5. The van der Waals surface area contributed by atoms with Gasteiger partial charge < -0.3 is 15.2 Å². The van der Waals surface area contributed by atoms with Crippen LogP contribution in [0, 0.1) is 5.82 Å². The van der Waals surface area contributed by atoms with Crippen LogP contribution in [0.2, 0.25) is 0 Å². The smallest absolute Gasteiger partial charge is 0.325 e. The lowest BCUT2D eigenvalue weighted by atomic mass is 10.00. The molecule has 3 aliphatic rings. The number of fused-ring (bicyclic) bond motifs is 3. The average molecular weight is 493 g/mol. The van der Waals surface area contributed by atoms with E-state index >= 15 is 0 Å². The molecule has 0 aliphatic carbocycles. The molecule has 0 saturated carbocycles. The van der Waals surface area contributed by atoms with Gasteiger partial charge in [-0.1, -0.05) is 36.0 Å². The van der Waals surface area contributed by atoms with Gasteiger partial charge in [0.1, 0.15) is 12.0 Å². The highest BCUT2D eigenvalue weighted by Gasteiger charge is 2.44. The van der Waals surface area contributed by atoms with Gasteiger partial charge >= 0.3 is 6.18 Å². The normalized spacial score (nSPS) is 23.3. The Kier molecular flexibility index (Phi) is 5.86. The Hall–Kier alpha value is -3.25. The minimum Gasteiger partial charge on any atom is -0.325 e. The van der Waals surface area contributed by atoms with E-state index in [1.165, 1.54) is 30.3 Å². The van der Waals surface area contributed by atoms with Crippen molar-refractivity contribution in [1.82, 2.24) is 20.8 Å². The highest BCUT2D eigenvalue weighted by molar-refractivity contribution is 8.14. The number of hydrazone groups is 1. The number of halogens is 4. The Labute approximate surface area is 196 Å². The molecule has 0 aromatic heterocycles. The number of hydrogen-bond donors (Lipinski definition) is 3. The molecule has 3 N–H and O–H groups in total. The molecule has 0 radical (unpaired) electrons. The highest BCUT2D eigenvalue weighted by atomic mass is 32.2. The van der Waals surface area contributed by atoms with Gasteiger partial charge in [0.2, 0.25) is 5.91 Å². The van der Waals surface area contributed by atoms with Crippen molar-refractivity contribution in [3.63, 3.8) is 0 Å². The van der Waals surface area contributed by atoms with Crippen LogP contribution in [0.3, 0.4) is 0 Å². The lowest BCUT2D eigenvalue weighted by Crippen LogP contribution is -2.54. The number of benzene rings is 2. The van der Waals surface area contributed by atoms with Crippen molar-refractivity contribution in [3.8, 4) is 0 Å². The van der Waals surface area contributed by atoms with Gasteiger partial charge in [-0.15, -0.1) is 0 Å². The molecule has 0 bridgehead atoms. The van der Waals surface area contributed by atoms with Gasteiger partial charge in [-0.3, -0.25) is 10.2 Å². The molecule has 1 amide bonds. The molecule has 178 valence electrons. The molecule has 3 unspecified atom stereocenters. The molecule has 0 spiro atoms. The number of nitrogens with zero attached hydrogens (tertiary/aromatic N) is 3. The SMILES string of the molecule is O=C(CSC1=NNC2C3CC(c4ccc(F)cc4)NN3C=CN12)Nc1ccccc1C(F)(F)F. The number of rotatable bonds is 4. The maximum absolute atomic E-state index is 13.3. The van der Waals surface area contributed by atoms with Crippen LogP contribution in [-0.2, 0) is 11.0 Å². The molecule has 3 aliphatic heterocycles. The summed E-state index contributed by atoms with van der Waals surface area (Å²) in [7, 11) is 0. The molecule has 12 heteroatoms. The monoisotopic (exact) mass is 492 g/mol. The number of amides is 1. The zero-order chi connectivity index (χ0) is 23.9. The van der Waals surface area contributed by atoms with E-state index in [4.69, 9.17) is 0 Å². The fourth-order valence-electron chi connectivity index (χ4n) is 4.22. The van der Waals surface area contributed by atoms with Crippen molar-refractivity contribution in [2.75, 3.05) is 11.1 Å². The maximum Gasteiger partial charge on any atom is 0.418 e. The Bertz CT molecular complexity index is 1140. The van der Waals surface area contributed by atoms with Gasteiger partial charge in [0.05, 0.1) is 29.1 Å². The number of carbonyl (C=O) groups is 1. The van der Waals surface area contributed by atoms with E-state index in [1.807, 2.05) is 22.3 Å². The van der Waals surface area contributed by atoms with Gasteiger partial charge in [0.25, 0.3) is 0 Å². The number of amidine groups is 1. The molecule has 3 atom stereocenters. The van der Waals surface area contributed by atoms with E-state index < -0.39 is 17.6 Å². The summed E-state index contributed by atoms with van der Waals surface area (Å²) in [5.41, 5.74) is 6.28. The second-order valence-electron chi connectivity index (χ2n) is 8.00. The predicted molar refractivity (Wildman–Crippen MR) is 120 cm³/mol. The Morgan fingerprint density at radius 1 is 1.15 bits per heavy atom. The van der Waals surface area contributed by atoms with Crippen LogP contribution in [-0.4, -0.2) is 38.9 Å². The topological polar surface area (TPSA) is 72.0 Å². The summed E-state index contributed by atoms with van der Waals surface area (Å²) in [6.45, 7) is 0. The molecular weight excluding hydrogens is 472 g/mol. The zero-order valence-electron chi connectivity index (χ0n) is 17.6. The minimum absolute atomic E-state index is 0.00758. The average Bonchev–Trinajstić information content (AvgIpc) is 3.42. The van der Waals surface area contributed by atoms with E-state index in [0.717, 1.165) is 29.8 Å². The molecule has 2 aromatic rings. The van der Waals surface area contributed by atoms with Gasteiger partial charge in [0, 0.05) is 12.4 Å². The van der Waals surface area contributed by atoms with Crippen LogP contribution in [0.25, 0.3) is 0 Å². The van der Waals surface area contributed by atoms with Crippen molar-refractivity contribution in [2.45, 2.75) is 30.8 Å². The fraction of sp³-hybridized carbons (Fsp3) is 0.273. The summed E-state index contributed by atoms with van der Waals surface area (Å²) >= 11 is 1.13. The van der Waals surface area contributed by atoms with E-state index in [1.54, 1.807) is 12.1 Å². The van der Waals surface area contributed by atoms with Crippen LogP contribution in [0.5, 0.6) is 0 Å². The van der Waals surface area contributed by atoms with E-state index in [-0.39, 0.29) is 35.5 Å². The van der Waals surface area contributed by atoms with Crippen LogP contribution >= 0.6 is 11.8 Å². The van der Waals surface area contributed by atoms with E-state index in [2.05, 4.69) is 21.3 Å². The maximum atomic E-state index is 13.3. The zero-order valence-corrected chi connectivity index (χ0v) is 18.4. The predicted octanol–water partition coefficient (Wildman–Crippen LogP) is 3.82. The lowest BCUT2D eigenvalue weighted by Gasteiger charge is -2.36. The lowest BCUT2D eigenvalue weighted by molar-refractivity contribution is -0.137. The molecule has 1 fully saturated rings. The molecule has 34 heavy (non-hydrogen) atoms. The third-order valence-corrected chi connectivity index (χ3v) is 6.78. The van der Waals surface area contributed by atoms with Crippen molar-refractivity contribution >= 4 is 28.5 Å². The molecule has 2 aromatic carbocycles. The third kappa shape index (κ3) is 4.42. The highest BCUT2D eigenvalue weighted by Crippen LogP contribution is 2.36. The van der Waals surface area contributed by atoms with Gasteiger partial charge in [-0.05, 0) is 36.2 Å². The first-order valence-electron chi connectivity index (χ1n) is 10.5. The summed E-state index contributed by atoms with van der Waals surface area (Å²) in [6.07, 6.45) is -0.307. The first-order chi connectivity index (χ1) is 16.3. The van der Waals surface area contributed by atoms with E-state index in [0.29, 0.717) is 5.17 Å². The number of nitrogens with one attached hydrogen (secondary N) is 3. The van der Waals surface area contributed by atoms with Crippen molar-refractivity contribution in [2.24, 2.45) is 5.10 Å². The van der Waals surface area contributed by atoms with Gasteiger partial charge in [0.15, 0.2) is 5.17 Å². The Morgan fingerprint density at radius 2 is 1.91 bits per heavy atom. The third-order valence-electron chi connectivity index (χ3n) is 5.82. The summed E-state index contributed by atoms with van der Waals surface area (Å²) in [5, 5.41) is 9.19. The molecule has 1 saturated heterocycles. The molecular formula is C22H20F4N6OS. The number of alkyl halides is 3. The van der Waals surface area contributed by atoms with Gasteiger partial charge in [-0.2, -0.15) is 18.3 Å². The fourth-order valence-corrected chi connectivity index (χ4v) is 4.99. The minimum atomic E-state index is -4.56. The summed E-state index contributed by atoms with van der Waals surface area (Å²) < 4.78 is 52.7. The molecule has 7 nitrogen and oxygen atoms in total. The number of carbonyl (C=O) groups excluding carboxylic acids is 1. The second kappa shape index (κ2) is 8.84. The molecule has 5 rings (SSSR count). The van der Waals surface area contributed by atoms with Crippen LogP contribution in [0.15, 0.2) is 66.0 Å². The number of hydrogen-bond acceptors (Lipinski definition) is 7. The summed E-state index contributed by atoms with van der Waals surface area (Å²) in [5.74, 6) is -0.951. The quantitative estimate of drug-likeness (QED) is 0.564. The Morgan fingerprint density at radius 3 is 2.68 bits per heavy atom. The van der Waals surface area contributed by atoms with Crippen LogP contribution in [0.1, 0.15) is 23.6 Å². The number of hydrazine groups is 1. The van der Waals surface area contributed by atoms with Crippen LogP contribution < -0.4 is 16.2 Å².